The predicted octanol–water partition coefficient (Wildman–Crippen LogP) is 17.0. The van der Waals surface area contributed by atoms with E-state index in [-0.39, 0.29) is 21.7 Å². The fourth-order valence-electron chi connectivity index (χ4n) is 10.2. The Morgan fingerprint density at radius 3 is 1.97 bits per heavy atom. The van der Waals surface area contributed by atoms with E-state index in [0.717, 1.165) is 33.9 Å². The number of aromatic nitrogens is 2. The van der Waals surface area contributed by atoms with Gasteiger partial charge in [0.05, 0.1) is 11.0 Å². The molecule has 4 heterocycles. The van der Waals surface area contributed by atoms with Gasteiger partial charge in [-0.1, -0.05) is 151 Å². The molecular weight excluding hydrogens is 793 g/mol. The van der Waals surface area contributed by atoms with Gasteiger partial charge in [-0.3, -0.25) is 4.57 Å². The highest BCUT2D eigenvalue weighted by Gasteiger charge is 2.78. The number of nitrogens with zero attached hydrogens (tertiary/aromatic N) is 4. The van der Waals surface area contributed by atoms with E-state index in [0.29, 0.717) is 15.1 Å². The van der Waals surface area contributed by atoms with E-state index in [4.69, 9.17) is 9.72 Å². The van der Waals surface area contributed by atoms with Crippen LogP contribution < -0.4 is 13.9 Å². The zero-order chi connectivity index (χ0) is 46.1. The fraction of sp³-hybridized carbons (Fsp3) is 0.300. The summed E-state index contributed by atoms with van der Waals surface area (Å²) >= 11 is 0. The molecule has 0 radical (unpaired) electrons. The number of ether oxygens (including phenoxy) is 1. The van der Waals surface area contributed by atoms with Crippen molar-refractivity contribution in [3.8, 4) is 28.4 Å². The summed E-state index contributed by atoms with van der Waals surface area (Å²) in [6.07, 6.45) is 1.97. The molecule has 330 valence electrons. The van der Waals surface area contributed by atoms with Crippen molar-refractivity contribution in [2.45, 2.75) is 112 Å². The van der Waals surface area contributed by atoms with Gasteiger partial charge in [0.2, 0.25) is 11.4 Å². The van der Waals surface area contributed by atoms with Crippen LogP contribution in [0.15, 0.2) is 146 Å². The molecule has 1 saturated heterocycles. The van der Waals surface area contributed by atoms with Gasteiger partial charge in [-0.25, -0.2) is 4.98 Å². The molecule has 0 aliphatic carbocycles. The van der Waals surface area contributed by atoms with Crippen molar-refractivity contribution in [3.05, 3.63) is 175 Å². The van der Waals surface area contributed by atoms with Crippen molar-refractivity contribution in [3.63, 3.8) is 0 Å². The summed E-state index contributed by atoms with van der Waals surface area (Å²) < 4.78 is 10.7. The van der Waals surface area contributed by atoms with E-state index in [1.807, 2.05) is 6.20 Å². The highest BCUT2D eigenvalue weighted by molar-refractivity contribution is 6.09. The summed E-state index contributed by atoms with van der Waals surface area (Å²) in [6, 6.07) is 51.9. The van der Waals surface area contributed by atoms with Crippen molar-refractivity contribution in [1.29, 1.82) is 0 Å². The molecule has 0 N–H and O–H groups in total. The molecule has 10 rings (SSSR count). The second kappa shape index (κ2) is 14.5. The van der Waals surface area contributed by atoms with Crippen LogP contribution >= 0.6 is 0 Å². The van der Waals surface area contributed by atoms with Gasteiger partial charge in [0.25, 0.3) is 0 Å². The topological polar surface area (TPSA) is 27.1 Å². The second-order valence-corrected chi connectivity index (χ2v) is 22.6. The molecule has 2 aromatic heterocycles. The van der Waals surface area contributed by atoms with Crippen LogP contribution in [0.2, 0.25) is 0 Å². The first-order chi connectivity index (χ1) is 30.6. The molecule has 1 fully saturated rings. The van der Waals surface area contributed by atoms with E-state index in [1.54, 1.807) is 0 Å². The Balaban J connectivity index is 1.16. The molecule has 2 aliphatic heterocycles. The van der Waals surface area contributed by atoms with Crippen LogP contribution in [0.4, 0.5) is 22.7 Å². The van der Waals surface area contributed by atoms with E-state index >= 15 is 0 Å². The van der Waals surface area contributed by atoms with Crippen LogP contribution in [0, 0.1) is 12.1 Å². The first-order valence-electron chi connectivity index (χ1n) is 23.5. The van der Waals surface area contributed by atoms with Gasteiger partial charge in [0, 0.05) is 59.4 Å². The molecule has 0 saturated carbocycles. The van der Waals surface area contributed by atoms with Crippen LogP contribution in [0.5, 0.6) is 11.5 Å². The maximum atomic E-state index is 7.19. The van der Waals surface area contributed by atoms with Crippen molar-refractivity contribution in [1.82, 2.24) is 18.7 Å². The lowest BCUT2D eigenvalue weighted by molar-refractivity contribution is 0.225. The Morgan fingerprint density at radius 1 is 0.538 bits per heavy atom. The first-order valence-corrected chi connectivity index (χ1v) is 23.5. The van der Waals surface area contributed by atoms with Gasteiger partial charge < -0.3 is 4.74 Å². The van der Waals surface area contributed by atoms with E-state index in [1.165, 1.54) is 61.3 Å². The lowest BCUT2D eigenvalue weighted by atomic mass is 9.65. The molecular formula is C60H65N4O+. The SMILES string of the molecule is CC(C)c1ccccc1-c1cc(Oc2ccc3c4ccccc4n(-c4cc(C(C)(C)C(C)(C)C)ccn4)c3c2)cc([N+]23[CH-][N@+]2(c2cccc(C(C)(C)C)c2)c2ccc(C(C)(C)C)cc23)c1. The fourth-order valence-corrected chi connectivity index (χ4v) is 10.2. The summed E-state index contributed by atoms with van der Waals surface area (Å²) in [5, 5.41) is 2.36. The van der Waals surface area contributed by atoms with Crippen LogP contribution in [-0.2, 0) is 16.2 Å². The molecule has 65 heavy (non-hydrogen) atoms. The quantitative estimate of drug-likeness (QED) is 0.0865. The Kier molecular flexibility index (Phi) is 9.57. The molecule has 8 aromatic rings. The molecule has 6 aromatic carbocycles. The minimum Gasteiger partial charge on any atom is -0.457 e. The predicted molar refractivity (Wildman–Crippen MR) is 275 cm³/mol. The number of benzene rings is 6. The maximum absolute atomic E-state index is 7.19. The Morgan fingerprint density at radius 2 is 1.23 bits per heavy atom. The summed E-state index contributed by atoms with van der Waals surface area (Å²) in [5.74, 6) is 2.83. The van der Waals surface area contributed by atoms with E-state index < -0.39 is 0 Å². The molecule has 1 unspecified atom stereocenters. The number of fused-ring (bicyclic) bond motifs is 7. The van der Waals surface area contributed by atoms with Gasteiger partial charge in [-0.05, 0) is 97.4 Å². The number of hydrogen-bond donors (Lipinski definition) is 0. The lowest BCUT2D eigenvalue weighted by Crippen LogP contribution is -2.46. The summed E-state index contributed by atoms with van der Waals surface area (Å²) in [7, 11) is 0. The largest absolute Gasteiger partial charge is 0.457 e. The average Bonchev–Trinajstić information content (AvgIpc) is 3.76. The summed E-state index contributed by atoms with van der Waals surface area (Å²) in [4.78, 5) is 5.02. The van der Waals surface area contributed by atoms with Crippen molar-refractivity contribution in [2.75, 3.05) is 0 Å². The number of hydrogen-bond acceptors (Lipinski definition) is 2. The minimum atomic E-state index is -0.0768. The van der Waals surface area contributed by atoms with Crippen LogP contribution in [0.25, 0.3) is 38.8 Å². The molecule has 0 spiro atoms. The van der Waals surface area contributed by atoms with Gasteiger partial charge >= 0.3 is 0 Å². The smallest absolute Gasteiger partial charge is 0.225 e. The number of para-hydroxylation sites is 1. The zero-order valence-corrected chi connectivity index (χ0v) is 40.7. The summed E-state index contributed by atoms with van der Waals surface area (Å²) in [5.41, 5.74) is 14.9. The third kappa shape index (κ3) is 6.60. The molecule has 5 heteroatoms. The first kappa shape index (κ1) is 42.9. The number of pyridine rings is 1. The molecule has 0 amide bonds. The van der Waals surface area contributed by atoms with Crippen LogP contribution in [0.1, 0.15) is 118 Å². The minimum absolute atomic E-state index is 0.000497. The van der Waals surface area contributed by atoms with Gasteiger partial charge in [-0.15, -0.1) is 0 Å². The van der Waals surface area contributed by atoms with Crippen LogP contribution in [-0.4, -0.2) is 9.55 Å². The maximum Gasteiger partial charge on any atom is 0.225 e. The van der Waals surface area contributed by atoms with Crippen LogP contribution in [0.3, 0.4) is 0 Å². The van der Waals surface area contributed by atoms with Crippen molar-refractivity contribution in [2.24, 2.45) is 5.41 Å². The monoisotopic (exact) mass is 858 g/mol. The Hall–Kier alpha value is -6.01. The third-order valence-electron chi connectivity index (χ3n) is 15.1. The Labute approximate surface area is 387 Å². The lowest BCUT2D eigenvalue weighted by Gasteiger charge is -2.41. The molecule has 5 nitrogen and oxygen atoms in total. The summed E-state index contributed by atoms with van der Waals surface area (Å²) in [6.45, 7) is 32.5. The second-order valence-electron chi connectivity index (χ2n) is 22.6. The van der Waals surface area contributed by atoms with E-state index in [2.05, 4.69) is 241 Å². The van der Waals surface area contributed by atoms with Crippen molar-refractivity contribution < 1.29 is 4.74 Å². The van der Waals surface area contributed by atoms with Gasteiger partial charge in [-0.2, -0.15) is 9.18 Å². The zero-order valence-electron chi connectivity index (χ0n) is 40.7. The molecule has 2 atom stereocenters. The third-order valence-corrected chi connectivity index (χ3v) is 15.1. The van der Waals surface area contributed by atoms with Gasteiger partial charge in [0.1, 0.15) is 17.3 Å². The Bertz CT molecular complexity index is 3180. The van der Waals surface area contributed by atoms with Crippen molar-refractivity contribution >= 4 is 44.6 Å². The number of rotatable bonds is 8. The average molecular weight is 858 g/mol. The highest BCUT2D eigenvalue weighted by Crippen LogP contribution is 2.76. The van der Waals surface area contributed by atoms with E-state index in [9.17, 15) is 0 Å². The van der Waals surface area contributed by atoms with Gasteiger partial charge in [0.15, 0.2) is 18.0 Å². The molecule has 2 aliphatic rings. The molecule has 0 bridgehead atoms. The normalized spacial score (nSPS) is 18.4. The highest BCUT2D eigenvalue weighted by atomic mass is 16.5. The number of quaternary nitrogens is 2. The standard InChI is InChI=1S/C60H65N4O/c1-39(2)48-21-14-15-22-49(48)40-31-45(64-38-63(64,44-20-18-19-41(33-44)57(3,4)5)54-28-25-42(34-55(54)64)58(6,7)8)36-47(32-40)65-46-26-27-51-50-23-16-17-24-52(50)62(53(51)37-46)56-35-43(29-30-61-56)60(12,13)59(9,10)11/h14-39H,1-13H3/q+1/t63-,64?/m0/s1.